The van der Waals surface area contributed by atoms with Crippen molar-refractivity contribution in [3.05, 3.63) is 46.5 Å². The van der Waals surface area contributed by atoms with Crippen LogP contribution in [0.1, 0.15) is 10.4 Å². The molecule has 0 radical (unpaired) electrons. The molecule has 1 aromatic heterocycles. The lowest BCUT2D eigenvalue weighted by molar-refractivity contribution is 0.102. The van der Waals surface area contributed by atoms with Crippen molar-refractivity contribution in [1.82, 2.24) is 5.16 Å². The molecule has 6 heteroatoms. The summed E-state index contributed by atoms with van der Waals surface area (Å²) in [6.45, 7) is 0. The molecule has 1 aromatic carbocycles. The van der Waals surface area contributed by atoms with Crippen LogP contribution >= 0.6 is 15.9 Å². The highest BCUT2D eigenvalue weighted by Crippen LogP contribution is 2.19. The van der Waals surface area contributed by atoms with E-state index in [4.69, 9.17) is 0 Å². The Balaban J connectivity index is 2.24. The lowest BCUT2D eigenvalue weighted by atomic mass is 10.2. The van der Waals surface area contributed by atoms with Gasteiger partial charge in [-0.25, -0.2) is 4.39 Å². The molecule has 4 nitrogen and oxygen atoms in total. The lowest BCUT2D eigenvalue weighted by Crippen LogP contribution is -2.13. The Bertz CT molecular complexity index is 514. The quantitative estimate of drug-likeness (QED) is 0.923. The SMILES string of the molecule is O=C(Nc1cnoc1)c1cccc(Br)c1F. The largest absolute Gasteiger partial charge is 0.363 e. The molecule has 0 aliphatic heterocycles. The monoisotopic (exact) mass is 284 g/mol. The maximum Gasteiger partial charge on any atom is 0.258 e. The number of carbonyl (C=O) groups is 1. The second-order valence-electron chi connectivity index (χ2n) is 2.97. The van der Waals surface area contributed by atoms with Gasteiger partial charge in [0.25, 0.3) is 5.91 Å². The minimum absolute atomic E-state index is 0.0458. The first-order chi connectivity index (χ1) is 7.68. The summed E-state index contributed by atoms with van der Waals surface area (Å²) in [5, 5.41) is 5.87. The summed E-state index contributed by atoms with van der Waals surface area (Å²) in [6.07, 6.45) is 2.58. The second-order valence-corrected chi connectivity index (χ2v) is 3.82. The van der Waals surface area contributed by atoms with Gasteiger partial charge in [0.2, 0.25) is 0 Å². The first-order valence-electron chi connectivity index (χ1n) is 4.33. The van der Waals surface area contributed by atoms with Gasteiger partial charge in [-0.2, -0.15) is 0 Å². The molecular weight excluding hydrogens is 279 g/mol. The van der Waals surface area contributed by atoms with Gasteiger partial charge in [-0.1, -0.05) is 11.2 Å². The zero-order valence-corrected chi connectivity index (χ0v) is 9.49. The second kappa shape index (κ2) is 4.44. The van der Waals surface area contributed by atoms with Gasteiger partial charge in [-0.15, -0.1) is 0 Å². The minimum Gasteiger partial charge on any atom is -0.363 e. The summed E-state index contributed by atoms with van der Waals surface area (Å²) >= 11 is 3.01. The first-order valence-corrected chi connectivity index (χ1v) is 5.12. The Kier molecular flexibility index (Phi) is 3.00. The zero-order valence-electron chi connectivity index (χ0n) is 7.91. The van der Waals surface area contributed by atoms with Crippen LogP contribution in [-0.4, -0.2) is 11.1 Å². The molecule has 0 atom stereocenters. The number of carbonyl (C=O) groups excluding carboxylic acids is 1. The van der Waals surface area contributed by atoms with E-state index >= 15 is 0 Å². The van der Waals surface area contributed by atoms with Gasteiger partial charge in [0.05, 0.1) is 16.2 Å². The summed E-state index contributed by atoms with van der Waals surface area (Å²) in [7, 11) is 0. The van der Waals surface area contributed by atoms with Crippen LogP contribution in [0.4, 0.5) is 10.1 Å². The van der Waals surface area contributed by atoms with Gasteiger partial charge >= 0.3 is 0 Å². The third-order valence-electron chi connectivity index (χ3n) is 1.89. The van der Waals surface area contributed by atoms with Crippen molar-refractivity contribution in [2.24, 2.45) is 0 Å². The molecule has 0 aliphatic rings. The minimum atomic E-state index is -0.601. The van der Waals surface area contributed by atoms with Crippen molar-refractivity contribution in [2.45, 2.75) is 0 Å². The highest BCUT2D eigenvalue weighted by molar-refractivity contribution is 9.10. The Morgan fingerprint density at radius 1 is 1.50 bits per heavy atom. The smallest absolute Gasteiger partial charge is 0.258 e. The van der Waals surface area contributed by atoms with Crippen molar-refractivity contribution >= 4 is 27.5 Å². The topological polar surface area (TPSA) is 55.1 Å². The molecule has 16 heavy (non-hydrogen) atoms. The Labute approximate surface area is 98.6 Å². The molecule has 0 fully saturated rings. The fourth-order valence-corrected chi connectivity index (χ4v) is 1.51. The summed E-state index contributed by atoms with van der Waals surface area (Å²) in [4.78, 5) is 11.6. The lowest BCUT2D eigenvalue weighted by Gasteiger charge is -2.04. The van der Waals surface area contributed by atoms with Gasteiger partial charge < -0.3 is 9.84 Å². The van der Waals surface area contributed by atoms with Crippen molar-refractivity contribution < 1.29 is 13.7 Å². The maximum atomic E-state index is 13.5. The van der Waals surface area contributed by atoms with E-state index in [0.717, 1.165) is 0 Å². The number of nitrogens with zero attached hydrogens (tertiary/aromatic N) is 1. The van der Waals surface area contributed by atoms with E-state index in [1.54, 1.807) is 6.07 Å². The van der Waals surface area contributed by atoms with Crippen LogP contribution < -0.4 is 5.32 Å². The van der Waals surface area contributed by atoms with Crippen LogP contribution in [0.15, 0.2) is 39.7 Å². The molecule has 0 aliphatic carbocycles. The standard InChI is InChI=1S/C10H6BrFN2O2/c11-8-3-1-2-7(9(8)12)10(15)14-6-4-13-16-5-6/h1-5H,(H,14,15). The molecule has 82 valence electrons. The van der Waals surface area contributed by atoms with Gasteiger partial charge in [-0.3, -0.25) is 4.79 Å². The van der Waals surface area contributed by atoms with Crippen LogP contribution in [0.25, 0.3) is 0 Å². The number of amides is 1. The van der Waals surface area contributed by atoms with E-state index in [1.165, 1.54) is 24.6 Å². The normalized spacial score (nSPS) is 10.1. The van der Waals surface area contributed by atoms with E-state index in [1.807, 2.05) is 0 Å². The number of hydrogen-bond acceptors (Lipinski definition) is 3. The Morgan fingerprint density at radius 2 is 2.31 bits per heavy atom. The van der Waals surface area contributed by atoms with E-state index in [0.29, 0.717) is 5.69 Å². The molecule has 1 N–H and O–H groups in total. The number of aromatic nitrogens is 1. The van der Waals surface area contributed by atoms with E-state index in [2.05, 4.69) is 30.9 Å². The van der Waals surface area contributed by atoms with Crippen LogP contribution in [0.5, 0.6) is 0 Å². The fraction of sp³-hybridized carbons (Fsp3) is 0. The van der Waals surface area contributed by atoms with Crippen LogP contribution in [-0.2, 0) is 0 Å². The molecule has 1 heterocycles. The summed E-state index contributed by atoms with van der Waals surface area (Å²) in [6, 6.07) is 4.49. The molecule has 0 saturated carbocycles. The molecule has 0 spiro atoms. The van der Waals surface area contributed by atoms with E-state index in [9.17, 15) is 9.18 Å². The van der Waals surface area contributed by atoms with Crippen LogP contribution in [0.2, 0.25) is 0 Å². The van der Waals surface area contributed by atoms with E-state index < -0.39 is 11.7 Å². The van der Waals surface area contributed by atoms with Gasteiger partial charge in [-0.05, 0) is 28.1 Å². The molecule has 0 unspecified atom stereocenters. The van der Waals surface area contributed by atoms with Crippen molar-refractivity contribution in [3.8, 4) is 0 Å². The summed E-state index contributed by atoms with van der Waals surface area (Å²) in [5.74, 6) is -1.15. The molecule has 2 rings (SSSR count). The number of rotatable bonds is 2. The van der Waals surface area contributed by atoms with Crippen LogP contribution in [0.3, 0.4) is 0 Å². The average molecular weight is 285 g/mol. The molecular formula is C10H6BrFN2O2. The summed E-state index contributed by atoms with van der Waals surface area (Å²) in [5.41, 5.74) is 0.333. The molecule has 1 amide bonds. The number of hydrogen-bond donors (Lipinski definition) is 1. The van der Waals surface area contributed by atoms with Crippen molar-refractivity contribution in [3.63, 3.8) is 0 Å². The third-order valence-corrected chi connectivity index (χ3v) is 2.50. The highest BCUT2D eigenvalue weighted by Gasteiger charge is 2.14. The third kappa shape index (κ3) is 2.11. The predicted octanol–water partition coefficient (Wildman–Crippen LogP) is 2.83. The first kappa shape index (κ1) is 10.8. The van der Waals surface area contributed by atoms with E-state index in [-0.39, 0.29) is 10.0 Å². The summed E-state index contributed by atoms with van der Waals surface area (Å²) < 4.78 is 18.3. The van der Waals surface area contributed by atoms with Gasteiger partial charge in [0, 0.05) is 0 Å². The number of benzene rings is 1. The van der Waals surface area contributed by atoms with Crippen molar-refractivity contribution in [1.29, 1.82) is 0 Å². The molecule has 2 aromatic rings. The highest BCUT2D eigenvalue weighted by atomic mass is 79.9. The van der Waals surface area contributed by atoms with Gasteiger partial charge in [0.15, 0.2) is 0 Å². The van der Waals surface area contributed by atoms with Crippen LogP contribution in [0, 0.1) is 5.82 Å². The average Bonchev–Trinajstić information content (AvgIpc) is 2.74. The fourth-order valence-electron chi connectivity index (χ4n) is 1.14. The predicted molar refractivity (Wildman–Crippen MR) is 58.6 cm³/mol. The maximum absolute atomic E-state index is 13.5. The number of nitrogens with one attached hydrogen (secondary N) is 1. The number of anilines is 1. The molecule has 0 saturated heterocycles. The van der Waals surface area contributed by atoms with Gasteiger partial charge in [0.1, 0.15) is 17.8 Å². The Morgan fingerprint density at radius 3 is 3.00 bits per heavy atom. The van der Waals surface area contributed by atoms with Crippen molar-refractivity contribution in [2.75, 3.05) is 5.32 Å². The zero-order chi connectivity index (χ0) is 11.5. The Hall–Kier alpha value is -1.69. The number of halogens is 2. The molecule has 0 bridgehead atoms.